The lowest BCUT2D eigenvalue weighted by Crippen LogP contribution is -2.50. The lowest BCUT2D eigenvalue weighted by atomic mass is 9.79. The highest BCUT2D eigenvalue weighted by atomic mass is 19.1. The van der Waals surface area contributed by atoms with Gasteiger partial charge in [-0.2, -0.15) is 0 Å². The van der Waals surface area contributed by atoms with Crippen LogP contribution in [-0.2, 0) is 9.47 Å². The molecule has 2 saturated heterocycles. The first-order valence-electron chi connectivity index (χ1n) is 10.7. The van der Waals surface area contributed by atoms with Gasteiger partial charge in [-0.25, -0.2) is 4.39 Å². The SMILES string of the molecule is O=C(NCC1(CN2CCOCC2)CCOCC1)c1ccc(=O)n(-c2ccc(F)cc2)c1. The van der Waals surface area contributed by atoms with E-state index in [1.165, 1.54) is 47.2 Å². The van der Waals surface area contributed by atoms with Crippen molar-refractivity contribution in [2.45, 2.75) is 12.8 Å². The smallest absolute Gasteiger partial charge is 0.255 e. The Balaban J connectivity index is 1.47. The standard InChI is InChI=1S/C23H28FN3O4/c24-19-2-4-20(5-3-19)27-15-18(1-6-21(27)28)22(29)25-16-23(7-11-30-12-8-23)17-26-9-13-31-14-10-26/h1-6,15H,7-14,16-17H2,(H,25,29). The van der Waals surface area contributed by atoms with Gasteiger partial charge in [0.15, 0.2) is 0 Å². The summed E-state index contributed by atoms with van der Waals surface area (Å²) in [5.74, 6) is -0.614. The summed E-state index contributed by atoms with van der Waals surface area (Å²) in [6.45, 7) is 6.11. The van der Waals surface area contributed by atoms with E-state index >= 15 is 0 Å². The predicted molar refractivity (Wildman–Crippen MR) is 114 cm³/mol. The number of pyridine rings is 1. The van der Waals surface area contributed by atoms with Crippen LogP contribution < -0.4 is 10.9 Å². The average Bonchev–Trinajstić information content (AvgIpc) is 2.80. The number of carbonyl (C=O) groups excluding carboxylic acids is 1. The summed E-state index contributed by atoms with van der Waals surface area (Å²) in [4.78, 5) is 27.6. The second-order valence-corrected chi connectivity index (χ2v) is 8.29. The molecule has 2 aliphatic heterocycles. The quantitative estimate of drug-likeness (QED) is 0.759. The highest BCUT2D eigenvalue weighted by molar-refractivity contribution is 5.93. The van der Waals surface area contributed by atoms with Crippen LogP contribution in [0, 0.1) is 11.2 Å². The number of halogens is 1. The molecule has 0 atom stereocenters. The van der Waals surface area contributed by atoms with E-state index in [0.717, 1.165) is 45.7 Å². The number of carbonyl (C=O) groups is 1. The highest BCUT2D eigenvalue weighted by Gasteiger charge is 2.35. The summed E-state index contributed by atoms with van der Waals surface area (Å²) in [5, 5.41) is 3.08. The van der Waals surface area contributed by atoms with Crippen LogP contribution in [0.2, 0.25) is 0 Å². The van der Waals surface area contributed by atoms with Crippen molar-refractivity contribution in [3.8, 4) is 5.69 Å². The molecule has 8 heteroatoms. The van der Waals surface area contributed by atoms with Crippen molar-refractivity contribution in [1.29, 1.82) is 0 Å². The second kappa shape index (κ2) is 9.72. The van der Waals surface area contributed by atoms with Crippen LogP contribution >= 0.6 is 0 Å². The van der Waals surface area contributed by atoms with Gasteiger partial charge in [-0.15, -0.1) is 0 Å². The van der Waals surface area contributed by atoms with Crippen LogP contribution in [0.3, 0.4) is 0 Å². The number of hydrogen-bond acceptors (Lipinski definition) is 5. The maximum absolute atomic E-state index is 13.2. The largest absolute Gasteiger partial charge is 0.381 e. The molecule has 7 nitrogen and oxygen atoms in total. The van der Waals surface area contributed by atoms with Crippen LogP contribution in [0.25, 0.3) is 5.69 Å². The molecule has 0 saturated carbocycles. The van der Waals surface area contributed by atoms with Gasteiger partial charge in [0.2, 0.25) is 0 Å². The van der Waals surface area contributed by atoms with E-state index < -0.39 is 0 Å². The number of hydrogen-bond donors (Lipinski definition) is 1. The highest BCUT2D eigenvalue weighted by Crippen LogP contribution is 2.31. The molecule has 166 valence electrons. The lowest BCUT2D eigenvalue weighted by Gasteiger charge is -2.42. The number of rotatable bonds is 6. The van der Waals surface area contributed by atoms with Crippen molar-refractivity contribution in [2.24, 2.45) is 5.41 Å². The summed E-state index contributed by atoms with van der Waals surface area (Å²) in [6.07, 6.45) is 3.28. The minimum Gasteiger partial charge on any atom is -0.381 e. The average molecular weight is 429 g/mol. The van der Waals surface area contributed by atoms with Crippen LogP contribution in [-0.4, -0.2) is 68.0 Å². The number of ether oxygens (including phenoxy) is 2. The molecule has 0 spiro atoms. The number of nitrogens with zero attached hydrogens (tertiary/aromatic N) is 2. The molecule has 2 aliphatic rings. The van der Waals surface area contributed by atoms with Gasteiger partial charge in [0.05, 0.1) is 18.8 Å². The third kappa shape index (κ3) is 5.39. The van der Waals surface area contributed by atoms with Crippen LogP contribution in [0.15, 0.2) is 47.4 Å². The first-order valence-corrected chi connectivity index (χ1v) is 10.7. The van der Waals surface area contributed by atoms with Crippen LogP contribution in [0.1, 0.15) is 23.2 Å². The van der Waals surface area contributed by atoms with Crippen LogP contribution in [0.4, 0.5) is 4.39 Å². The topological polar surface area (TPSA) is 72.8 Å². The van der Waals surface area contributed by atoms with Crippen molar-refractivity contribution in [3.05, 3.63) is 64.3 Å². The van der Waals surface area contributed by atoms with E-state index in [0.29, 0.717) is 31.0 Å². The third-order valence-corrected chi connectivity index (χ3v) is 6.12. The fourth-order valence-electron chi connectivity index (χ4n) is 4.22. The van der Waals surface area contributed by atoms with E-state index in [1.807, 2.05) is 0 Å². The van der Waals surface area contributed by atoms with Gasteiger partial charge >= 0.3 is 0 Å². The van der Waals surface area contributed by atoms with Gasteiger partial charge in [0, 0.05) is 62.8 Å². The summed E-state index contributed by atoms with van der Waals surface area (Å²) in [5.41, 5.74) is 0.569. The van der Waals surface area contributed by atoms with Crippen LogP contribution in [0.5, 0.6) is 0 Å². The van der Waals surface area contributed by atoms with Gasteiger partial charge in [-0.05, 0) is 43.2 Å². The van der Waals surface area contributed by atoms with Gasteiger partial charge in [-0.1, -0.05) is 0 Å². The molecule has 31 heavy (non-hydrogen) atoms. The fourth-order valence-corrected chi connectivity index (χ4v) is 4.22. The second-order valence-electron chi connectivity index (χ2n) is 8.29. The molecule has 4 rings (SSSR count). The Labute approximate surface area is 180 Å². The van der Waals surface area contributed by atoms with E-state index in [9.17, 15) is 14.0 Å². The van der Waals surface area contributed by atoms with Crippen molar-refractivity contribution in [1.82, 2.24) is 14.8 Å². The first-order chi connectivity index (χ1) is 15.0. The van der Waals surface area contributed by atoms with Gasteiger partial charge in [-0.3, -0.25) is 19.1 Å². The predicted octanol–water partition coefficient (Wildman–Crippen LogP) is 1.84. The maximum Gasteiger partial charge on any atom is 0.255 e. The number of amides is 1. The molecule has 1 aromatic carbocycles. The summed E-state index contributed by atoms with van der Waals surface area (Å²) in [7, 11) is 0. The number of aromatic nitrogens is 1. The molecule has 1 N–H and O–H groups in total. The molecule has 3 heterocycles. The molecule has 2 fully saturated rings. The molecule has 0 bridgehead atoms. The normalized spacial score (nSPS) is 19.1. The Morgan fingerprint density at radius 2 is 1.68 bits per heavy atom. The minimum absolute atomic E-state index is 0.0450. The third-order valence-electron chi connectivity index (χ3n) is 6.12. The Hall–Kier alpha value is -2.55. The van der Waals surface area contributed by atoms with Gasteiger partial charge < -0.3 is 14.8 Å². The van der Waals surface area contributed by atoms with E-state index in [4.69, 9.17) is 9.47 Å². The summed E-state index contributed by atoms with van der Waals surface area (Å²) in [6, 6.07) is 8.48. The molecule has 0 aliphatic carbocycles. The Kier molecular flexibility index (Phi) is 6.80. The molecule has 1 amide bonds. The number of benzene rings is 1. The van der Waals surface area contributed by atoms with Crippen molar-refractivity contribution in [3.63, 3.8) is 0 Å². The zero-order chi connectivity index (χ0) is 21.7. The lowest BCUT2D eigenvalue weighted by molar-refractivity contribution is -0.0283. The molecule has 1 aromatic heterocycles. The van der Waals surface area contributed by atoms with Crippen molar-refractivity contribution >= 4 is 5.91 Å². The molecule has 0 radical (unpaired) electrons. The zero-order valence-electron chi connectivity index (χ0n) is 17.5. The molecule has 2 aromatic rings. The minimum atomic E-state index is -0.382. The fraction of sp³-hybridized carbons (Fsp3) is 0.478. The number of morpholine rings is 1. The van der Waals surface area contributed by atoms with Gasteiger partial charge in [0.25, 0.3) is 11.5 Å². The van der Waals surface area contributed by atoms with Gasteiger partial charge in [0.1, 0.15) is 5.82 Å². The maximum atomic E-state index is 13.2. The Morgan fingerprint density at radius 1 is 1.00 bits per heavy atom. The Morgan fingerprint density at radius 3 is 2.39 bits per heavy atom. The summed E-state index contributed by atoms with van der Waals surface area (Å²) >= 11 is 0. The zero-order valence-corrected chi connectivity index (χ0v) is 17.5. The van der Waals surface area contributed by atoms with E-state index in [-0.39, 0.29) is 22.7 Å². The monoisotopic (exact) mass is 429 g/mol. The van der Waals surface area contributed by atoms with E-state index in [2.05, 4.69) is 10.2 Å². The Bertz CT molecular complexity index is 948. The van der Waals surface area contributed by atoms with Crippen molar-refractivity contribution in [2.75, 3.05) is 52.6 Å². The first kappa shape index (κ1) is 21.7. The molecular weight excluding hydrogens is 401 g/mol. The summed E-state index contributed by atoms with van der Waals surface area (Å²) < 4.78 is 25.6. The molecule has 0 unspecified atom stereocenters. The van der Waals surface area contributed by atoms with Crippen molar-refractivity contribution < 1.29 is 18.7 Å². The number of nitrogens with one attached hydrogen (secondary N) is 1. The molecular formula is C23H28FN3O4. The van der Waals surface area contributed by atoms with E-state index in [1.54, 1.807) is 0 Å².